The molecule has 1 saturated heterocycles. The SMILES string of the molecule is CCc1nnsc1-c1ccc([C@H](C)CC(=O)[C@@H]2C[C@@H](O)CN2C(=O)[C@H](C(C)C)n2cnc(C)c2)cc1. The molecule has 1 fully saturated rings. The summed E-state index contributed by atoms with van der Waals surface area (Å²) in [7, 11) is 0. The molecule has 1 aromatic carbocycles. The van der Waals surface area contributed by atoms with Crippen LogP contribution in [-0.2, 0) is 16.0 Å². The van der Waals surface area contributed by atoms with Gasteiger partial charge in [0.1, 0.15) is 6.04 Å². The van der Waals surface area contributed by atoms with E-state index >= 15 is 0 Å². The molecule has 1 N–H and O–H groups in total. The van der Waals surface area contributed by atoms with Gasteiger partial charge >= 0.3 is 0 Å². The minimum Gasteiger partial charge on any atom is -0.391 e. The number of hydrogen-bond donors (Lipinski definition) is 1. The number of imidazole rings is 1. The summed E-state index contributed by atoms with van der Waals surface area (Å²) in [5.41, 5.74) is 3.97. The van der Waals surface area contributed by atoms with Crippen molar-refractivity contribution in [2.45, 2.75) is 78.0 Å². The predicted molar refractivity (Wildman–Crippen MR) is 140 cm³/mol. The Morgan fingerprint density at radius 2 is 1.92 bits per heavy atom. The standard InChI is InChI=1S/C27H35N5O3S/c1-6-22-26(36-30-29-22)20-9-7-19(8-10-20)17(4)11-24(34)23-12-21(33)14-32(23)27(35)25(16(2)3)31-13-18(5)28-15-31/h7-10,13,15-17,21,23,25,33H,6,11-12,14H2,1-5H3/t17-,21-,23+,25+/m1/s1. The van der Waals surface area contributed by atoms with Gasteiger partial charge in [-0.1, -0.05) is 56.4 Å². The average molecular weight is 510 g/mol. The third kappa shape index (κ3) is 5.42. The second-order valence-corrected chi connectivity index (χ2v) is 10.9. The van der Waals surface area contributed by atoms with Crippen LogP contribution in [0.2, 0.25) is 0 Å². The fraction of sp³-hybridized carbons (Fsp3) is 0.519. The Morgan fingerprint density at radius 3 is 2.53 bits per heavy atom. The lowest BCUT2D eigenvalue weighted by molar-refractivity contribution is -0.141. The van der Waals surface area contributed by atoms with E-state index in [9.17, 15) is 14.7 Å². The smallest absolute Gasteiger partial charge is 0.246 e. The van der Waals surface area contributed by atoms with E-state index in [1.165, 1.54) is 11.5 Å². The molecule has 4 rings (SSSR count). The molecule has 1 aliphatic heterocycles. The predicted octanol–water partition coefficient (Wildman–Crippen LogP) is 4.19. The number of ketones is 1. The summed E-state index contributed by atoms with van der Waals surface area (Å²) in [6.45, 7) is 10.1. The van der Waals surface area contributed by atoms with Gasteiger partial charge in [-0.2, -0.15) is 0 Å². The van der Waals surface area contributed by atoms with Crippen molar-refractivity contribution in [2.75, 3.05) is 6.54 Å². The lowest BCUT2D eigenvalue weighted by atomic mass is 9.91. The topological polar surface area (TPSA) is 101 Å². The van der Waals surface area contributed by atoms with Gasteiger partial charge < -0.3 is 14.6 Å². The number of amides is 1. The van der Waals surface area contributed by atoms with Crippen LogP contribution in [0.3, 0.4) is 0 Å². The van der Waals surface area contributed by atoms with Gasteiger partial charge in [-0.3, -0.25) is 9.59 Å². The number of hydrogen-bond acceptors (Lipinski definition) is 7. The van der Waals surface area contributed by atoms with Crippen molar-refractivity contribution in [2.24, 2.45) is 5.92 Å². The van der Waals surface area contributed by atoms with E-state index in [0.717, 1.165) is 33.8 Å². The monoisotopic (exact) mass is 509 g/mol. The summed E-state index contributed by atoms with van der Waals surface area (Å²) in [6, 6.07) is 7.13. The number of β-amino-alcohol motifs (C(OH)–C–C–N with tert-alkyl or cyclic N) is 1. The molecular weight excluding hydrogens is 474 g/mol. The van der Waals surface area contributed by atoms with E-state index in [1.54, 1.807) is 11.2 Å². The van der Waals surface area contributed by atoms with Gasteiger partial charge in [0.05, 0.1) is 34.7 Å². The van der Waals surface area contributed by atoms with Crippen molar-refractivity contribution in [1.82, 2.24) is 24.0 Å². The Morgan fingerprint density at radius 1 is 1.19 bits per heavy atom. The molecule has 192 valence electrons. The molecule has 9 heteroatoms. The first-order valence-electron chi connectivity index (χ1n) is 12.6. The Hall–Kier alpha value is -2.91. The minimum atomic E-state index is -0.699. The van der Waals surface area contributed by atoms with Crippen LogP contribution in [0.25, 0.3) is 10.4 Å². The normalized spacial score (nSPS) is 19.6. The van der Waals surface area contributed by atoms with Gasteiger partial charge in [-0.25, -0.2) is 4.98 Å². The van der Waals surface area contributed by atoms with Crippen LogP contribution >= 0.6 is 11.5 Å². The number of aliphatic hydroxyl groups excluding tert-OH is 1. The maximum Gasteiger partial charge on any atom is 0.246 e. The van der Waals surface area contributed by atoms with E-state index in [4.69, 9.17) is 0 Å². The van der Waals surface area contributed by atoms with Crippen molar-refractivity contribution in [3.8, 4) is 10.4 Å². The quantitative estimate of drug-likeness (QED) is 0.464. The number of carbonyl (C=O) groups excluding carboxylic acids is 2. The van der Waals surface area contributed by atoms with Crippen LogP contribution in [0.4, 0.5) is 0 Å². The molecule has 0 bridgehead atoms. The van der Waals surface area contributed by atoms with Gasteiger partial charge in [0, 0.05) is 25.6 Å². The van der Waals surface area contributed by atoms with Gasteiger partial charge in [-0.05, 0) is 47.8 Å². The van der Waals surface area contributed by atoms with Gasteiger partial charge in [0.25, 0.3) is 0 Å². The van der Waals surface area contributed by atoms with Crippen molar-refractivity contribution < 1.29 is 14.7 Å². The number of benzene rings is 1. The highest BCUT2D eigenvalue weighted by Crippen LogP contribution is 2.31. The van der Waals surface area contributed by atoms with Gasteiger partial charge in [0.15, 0.2) is 5.78 Å². The van der Waals surface area contributed by atoms with Crippen molar-refractivity contribution in [3.63, 3.8) is 0 Å². The first-order chi connectivity index (χ1) is 17.2. The number of nitrogens with zero attached hydrogens (tertiary/aromatic N) is 5. The van der Waals surface area contributed by atoms with Crippen LogP contribution < -0.4 is 0 Å². The molecule has 3 aromatic rings. The molecule has 0 unspecified atom stereocenters. The maximum atomic E-state index is 13.6. The summed E-state index contributed by atoms with van der Waals surface area (Å²) >= 11 is 1.39. The molecule has 0 radical (unpaired) electrons. The molecule has 0 aliphatic carbocycles. The summed E-state index contributed by atoms with van der Waals surface area (Å²) in [5.74, 6) is -0.150. The molecule has 0 saturated carbocycles. The number of likely N-dealkylation sites (tertiary alicyclic amines) is 1. The van der Waals surface area contributed by atoms with Gasteiger partial charge in [-0.15, -0.1) is 5.10 Å². The highest BCUT2D eigenvalue weighted by Gasteiger charge is 2.42. The number of Topliss-reactive ketones (excluding diaryl/α,β-unsaturated/α-hetero) is 1. The minimum absolute atomic E-state index is 0.0105. The van der Waals surface area contributed by atoms with E-state index in [1.807, 2.05) is 38.5 Å². The fourth-order valence-electron chi connectivity index (χ4n) is 5.06. The number of aromatic nitrogens is 4. The highest BCUT2D eigenvalue weighted by atomic mass is 32.1. The van der Waals surface area contributed by atoms with E-state index in [2.05, 4.69) is 45.8 Å². The molecule has 0 spiro atoms. The lowest BCUT2D eigenvalue weighted by Crippen LogP contribution is -2.45. The molecule has 2 aromatic heterocycles. The highest BCUT2D eigenvalue weighted by molar-refractivity contribution is 7.09. The van der Waals surface area contributed by atoms with Crippen LogP contribution in [0, 0.1) is 12.8 Å². The van der Waals surface area contributed by atoms with Crippen molar-refractivity contribution >= 4 is 23.2 Å². The second kappa shape index (κ2) is 11.0. The summed E-state index contributed by atoms with van der Waals surface area (Å²) in [6.07, 6.45) is 4.23. The van der Waals surface area contributed by atoms with Crippen LogP contribution in [0.5, 0.6) is 0 Å². The Bertz CT molecular complexity index is 1200. The third-order valence-corrected chi connectivity index (χ3v) is 7.83. The first kappa shape index (κ1) is 26.2. The van der Waals surface area contributed by atoms with E-state index in [0.29, 0.717) is 6.42 Å². The molecule has 8 nitrogen and oxygen atoms in total. The zero-order valence-corrected chi connectivity index (χ0v) is 22.4. The Balaban J connectivity index is 1.47. The average Bonchev–Trinajstić information content (AvgIpc) is 3.58. The van der Waals surface area contributed by atoms with Gasteiger partial charge in [0.2, 0.25) is 5.91 Å². The summed E-state index contributed by atoms with van der Waals surface area (Å²) < 4.78 is 5.89. The Kier molecular flexibility index (Phi) is 8.00. The molecular formula is C27H35N5O3S. The molecule has 1 amide bonds. The number of aryl methyl sites for hydroxylation is 2. The van der Waals surface area contributed by atoms with Crippen molar-refractivity contribution in [1.29, 1.82) is 0 Å². The Labute approximate surface area is 216 Å². The van der Waals surface area contributed by atoms with E-state index < -0.39 is 18.2 Å². The molecule has 36 heavy (non-hydrogen) atoms. The third-order valence-electron chi connectivity index (χ3n) is 7.01. The van der Waals surface area contributed by atoms with Crippen LogP contribution in [-0.4, -0.2) is 59.5 Å². The van der Waals surface area contributed by atoms with Crippen LogP contribution in [0.1, 0.15) is 69.4 Å². The molecule has 1 aliphatic rings. The zero-order chi connectivity index (χ0) is 26.0. The lowest BCUT2D eigenvalue weighted by Gasteiger charge is -2.31. The summed E-state index contributed by atoms with van der Waals surface area (Å²) in [5, 5.41) is 14.6. The van der Waals surface area contributed by atoms with Crippen molar-refractivity contribution in [3.05, 3.63) is 53.7 Å². The second-order valence-electron chi connectivity index (χ2n) is 10.1. The molecule has 3 heterocycles. The fourth-order valence-corrected chi connectivity index (χ4v) is 5.81. The summed E-state index contributed by atoms with van der Waals surface area (Å²) in [4.78, 5) is 34.0. The zero-order valence-electron chi connectivity index (χ0n) is 21.6. The van der Waals surface area contributed by atoms with Crippen LogP contribution in [0.15, 0.2) is 36.8 Å². The number of carbonyl (C=O) groups is 2. The largest absolute Gasteiger partial charge is 0.391 e. The maximum absolute atomic E-state index is 13.6. The number of rotatable bonds is 9. The molecule has 4 atom stereocenters. The van der Waals surface area contributed by atoms with E-state index in [-0.39, 0.29) is 36.5 Å². The first-order valence-corrected chi connectivity index (χ1v) is 13.4. The number of aliphatic hydroxyl groups is 1.